The third-order valence-electron chi connectivity index (χ3n) is 4.94. The standard InChI is InChI=1S/C16H22ClFN2/c1-20-14-3-2-4-15(20)9-13(8-14)19-10-11-5-6-12(17)7-16(11)18/h5-7,13-15,19H,2-4,8-10H2,1H3. The van der Waals surface area contributed by atoms with Gasteiger partial charge in [0.25, 0.3) is 0 Å². The maximum Gasteiger partial charge on any atom is 0.129 e. The third kappa shape index (κ3) is 3.00. The first-order valence-corrected chi connectivity index (χ1v) is 7.90. The fourth-order valence-corrected chi connectivity index (χ4v) is 3.86. The van der Waals surface area contributed by atoms with Gasteiger partial charge in [0.15, 0.2) is 0 Å². The van der Waals surface area contributed by atoms with E-state index in [0.717, 1.165) is 0 Å². The Labute approximate surface area is 125 Å². The number of fused-ring (bicyclic) bond motifs is 2. The van der Waals surface area contributed by atoms with Crippen LogP contribution in [-0.4, -0.2) is 30.1 Å². The number of hydrogen-bond donors (Lipinski definition) is 1. The molecule has 2 nitrogen and oxygen atoms in total. The average molecular weight is 297 g/mol. The van der Waals surface area contributed by atoms with Gasteiger partial charge in [0.05, 0.1) is 0 Å². The molecule has 3 rings (SSSR count). The highest BCUT2D eigenvalue weighted by atomic mass is 35.5. The lowest BCUT2D eigenvalue weighted by Crippen LogP contribution is -2.54. The fraction of sp³-hybridized carbons (Fsp3) is 0.625. The van der Waals surface area contributed by atoms with Crippen LogP contribution in [0.5, 0.6) is 0 Å². The zero-order chi connectivity index (χ0) is 14.1. The van der Waals surface area contributed by atoms with Gasteiger partial charge in [-0.25, -0.2) is 4.39 Å². The Morgan fingerprint density at radius 2 is 2.00 bits per heavy atom. The predicted molar refractivity (Wildman–Crippen MR) is 80.5 cm³/mol. The number of piperidine rings is 2. The first-order chi connectivity index (χ1) is 9.63. The van der Waals surface area contributed by atoms with E-state index in [4.69, 9.17) is 11.6 Å². The molecule has 2 heterocycles. The van der Waals surface area contributed by atoms with Gasteiger partial charge in [0.1, 0.15) is 5.82 Å². The average Bonchev–Trinajstić information content (AvgIpc) is 2.38. The van der Waals surface area contributed by atoms with Crippen molar-refractivity contribution in [3.8, 4) is 0 Å². The molecule has 2 bridgehead atoms. The molecule has 0 aromatic heterocycles. The number of benzene rings is 1. The summed E-state index contributed by atoms with van der Waals surface area (Å²) in [6.07, 6.45) is 6.34. The number of rotatable bonds is 3. The molecule has 1 aromatic carbocycles. The molecule has 0 amide bonds. The van der Waals surface area contributed by atoms with E-state index in [9.17, 15) is 4.39 Å². The molecule has 2 aliphatic rings. The van der Waals surface area contributed by atoms with Gasteiger partial charge >= 0.3 is 0 Å². The molecule has 4 heteroatoms. The van der Waals surface area contributed by atoms with Crippen LogP contribution < -0.4 is 5.32 Å². The van der Waals surface area contributed by atoms with Crippen LogP contribution in [0.1, 0.15) is 37.7 Å². The summed E-state index contributed by atoms with van der Waals surface area (Å²) in [6, 6.07) is 6.84. The summed E-state index contributed by atoms with van der Waals surface area (Å²) in [5.74, 6) is -0.210. The molecular weight excluding hydrogens is 275 g/mol. The zero-order valence-corrected chi connectivity index (χ0v) is 12.7. The molecule has 0 saturated carbocycles. The second-order valence-corrected chi connectivity index (χ2v) is 6.63. The summed E-state index contributed by atoms with van der Waals surface area (Å²) in [4.78, 5) is 2.55. The Hall–Kier alpha value is -0.640. The maximum atomic E-state index is 13.8. The summed E-state index contributed by atoms with van der Waals surface area (Å²) < 4.78 is 13.8. The SMILES string of the molecule is CN1C2CCCC1CC(NCc1ccc(Cl)cc1F)C2. The summed E-state index contributed by atoms with van der Waals surface area (Å²) in [5, 5.41) is 4.00. The van der Waals surface area contributed by atoms with Crippen LogP contribution in [0, 0.1) is 5.82 Å². The van der Waals surface area contributed by atoms with Crippen LogP contribution in [0.2, 0.25) is 5.02 Å². The van der Waals surface area contributed by atoms with Crippen LogP contribution in [-0.2, 0) is 6.54 Å². The minimum absolute atomic E-state index is 0.210. The first-order valence-electron chi connectivity index (χ1n) is 7.52. The van der Waals surface area contributed by atoms with Crippen molar-refractivity contribution in [2.75, 3.05) is 7.05 Å². The van der Waals surface area contributed by atoms with Crippen LogP contribution in [0.25, 0.3) is 0 Å². The van der Waals surface area contributed by atoms with Crippen molar-refractivity contribution in [2.24, 2.45) is 0 Å². The van der Waals surface area contributed by atoms with Gasteiger partial charge < -0.3 is 10.2 Å². The van der Waals surface area contributed by atoms with Gasteiger partial charge in [-0.15, -0.1) is 0 Å². The molecule has 2 saturated heterocycles. The van der Waals surface area contributed by atoms with Gasteiger partial charge in [-0.1, -0.05) is 24.1 Å². The third-order valence-corrected chi connectivity index (χ3v) is 5.17. The number of halogens is 2. The van der Waals surface area contributed by atoms with E-state index in [1.54, 1.807) is 12.1 Å². The minimum Gasteiger partial charge on any atom is -0.310 e. The van der Waals surface area contributed by atoms with Crippen molar-refractivity contribution in [3.05, 3.63) is 34.6 Å². The highest BCUT2D eigenvalue weighted by Crippen LogP contribution is 2.32. The zero-order valence-electron chi connectivity index (χ0n) is 11.9. The molecule has 0 radical (unpaired) electrons. The van der Waals surface area contributed by atoms with Crippen LogP contribution in [0.3, 0.4) is 0 Å². The largest absolute Gasteiger partial charge is 0.310 e. The van der Waals surface area contributed by atoms with Crippen LogP contribution >= 0.6 is 11.6 Å². The van der Waals surface area contributed by atoms with Crippen molar-refractivity contribution in [3.63, 3.8) is 0 Å². The Kier molecular flexibility index (Phi) is 4.29. The number of nitrogens with zero attached hydrogens (tertiary/aromatic N) is 1. The summed E-state index contributed by atoms with van der Waals surface area (Å²) in [6.45, 7) is 0.594. The van der Waals surface area contributed by atoms with Gasteiger partial charge in [-0.05, 0) is 44.9 Å². The fourth-order valence-electron chi connectivity index (χ4n) is 3.70. The number of nitrogens with one attached hydrogen (secondary N) is 1. The van der Waals surface area contributed by atoms with Crippen molar-refractivity contribution in [1.29, 1.82) is 0 Å². The van der Waals surface area contributed by atoms with E-state index < -0.39 is 0 Å². The number of hydrogen-bond acceptors (Lipinski definition) is 2. The molecule has 2 aliphatic heterocycles. The van der Waals surface area contributed by atoms with E-state index in [1.807, 2.05) is 0 Å². The maximum absolute atomic E-state index is 13.8. The molecular formula is C16H22ClFN2. The molecule has 110 valence electrons. The van der Waals surface area contributed by atoms with Gasteiger partial charge in [-0.2, -0.15) is 0 Å². The topological polar surface area (TPSA) is 15.3 Å². The highest BCUT2D eigenvalue weighted by molar-refractivity contribution is 6.30. The Morgan fingerprint density at radius 3 is 2.65 bits per heavy atom. The smallest absolute Gasteiger partial charge is 0.129 e. The Morgan fingerprint density at radius 1 is 1.30 bits per heavy atom. The molecule has 0 spiro atoms. The van der Waals surface area contributed by atoms with Crippen molar-refractivity contribution in [2.45, 2.75) is 56.8 Å². The van der Waals surface area contributed by atoms with E-state index in [-0.39, 0.29) is 5.82 Å². The monoisotopic (exact) mass is 296 g/mol. The van der Waals surface area contributed by atoms with Crippen LogP contribution in [0.4, 0.5) is 4.39 Å². The summed E-state index contributed by atoms with van der Waals surface area (Å²) in [7, 11) is 2.25. The van der Waals surface area contributed by atoms with Crippen molar-refractivity contribution < 1.29 is 4.39 Å². The minimum atomic E-state index is -0.210. The molecule has 2 atom stereocenters. The summed E-state index contributed by atoms with van der Waals surface area (Å²) in [5.41, 5.74) is 0.707. The lowest BCUT2D eigenvalue weighted by atomic mass is 9.82. The van der Waals surface area contributed by atoms with Gasteiger partial charge in [0.2, 0.25) is 0 Å². The molecule has 2 unspecified atom stereocenters. The lowest BCUT2D eigenvalue weighted by Gasteiger charge is -2.47. The van der Waals surface area contributed by atoms with Crippen LogP contribution in [0.15, 0.2) is 18.2 Å². The van der Waals surface area contributed by atoms with E-state index in [0.29, 0.717) is 35.3 Å². The Balaban J connectivity index is 1.59. The van der Waals surface area contributed by atoms with Gasteiger partial charge in [0, 0.05) is 35.3 Å². The molecule has 2 fully saturated rings. The molecule has 20 heavy (non-hydrogen) atoms. The first kappa shape index (κ1) is 14.3. The second-order valence-electron chi connectivity index (χ2n) is 6.19. The molecule has 1 N–H and O–H groups in total. The van der Waals surface area contributed by atoms with E-state index in [2.05, 4.69) is 17.3 Å². The highest BCUT2D eigenvalue weighted by Gasteiger charge is 2.35. The quantitative estimate of drug-likeness (QED) is 0.917. The van der Waals surface area contributed by atoms with E-state index in [1.165, 1.54) is 38.2 Å². The summed E-state index contributed by atoms with van der Waals surface area (Å²) >= 11 is 5.78. The van der Waals surface area contributed by atoms with Crippen molar-refractivity contribution >= 4 is 11.6 Å². The molecule has 1 aromatic rings. The molecule has 0 aliphatic carbocycles. The lowest BCUT2D eigenvalue weighted by molar-refractivity contribution is 0.0482. The Bertz CT molecular complexity index is 466. The van der Waals surface area contributed by atoms with Crippen molar-refractivity contribution in [1.82, 2.24) is 10.2 Å². The normalized spacial score (nSPS) is 30.4. The van der Waals surface area contributed by atoms with E-state index >= 15 is 0 Å². The predicted octanol–water partition coefficient (Wildman–Crippen LogP) is 3.58. The van der Waals surface area contributed by atoms with Gasteiger partial charge in [-0.3, -0.25) is 0 Å². The second kappa shape index (κ2) is 6.00.